The molecule has 140 valence electrons. The molecule has 0 saturated heterocycles. The summed E-state index contributed by atoms with van der Waals surface area (Å²) < 4.78 is 10.7. The average Bonchev–Trinajstić information content (AvgIpc) is 2.65. The van der Waals surface area contributed by atoms with Gasteiger partial charge < -0.3 is 20.1 Å². The van der Waals surface area contributed by atoms with Crippen LogP contribution in [0, 0.1) is 6.92 Å². The van der Waals surface area contributed by atoms with Gasteiger partial charge in [0.1, 0.15) is 23.8 Å². The summed E-state index contributed by atoms with van der Waals surface area (Å²) in [5.41, 5.74) is 1.10. The maximum atomic E-state index is 12.3. The Morgan fingerprint density at radius 1 is 1.12 bits per heavy atom. The minimum atomic E-state index is -0.243. The van der Waals surface area contributed by atoms with Gasteiger partial charge in [-0.2, -0.15) is 0 Å². The van der Waals surface area contributed by atoms with Crippen LogP contribution in [-0.4, -0.2) is 42.7 Å². The third-order valence-electron chi connectivity index (χ3n) is 3.62. The molecule has 0 atom stereocenters. The van der Waals surface area contributed by atoms with Crippen LogP contribution in [-0.2, 0) is 0 Å². The van der Waals surface area contributed by atoms with Gasteiger partial charge in [0, 0.05) is 12.2 Å². The largest absolute Gasteiger partial charge is 0.497 e. The van der Waals surface area contributed by atoms with Crippen molar-refractivity contribution < 1.29 is 14.3 Å². The number of methoxy groups -OCH3 is 1. The van der Waals surface area contributed by atoms with Crippen LogP contribution in [0.1, 0.15) is 35.9 Å². The lowest BCUT2D eigenvalue weighted by Gasteiger charge is -2.10. The Labute approximate surface area is 154 Å². The van der Waals surface area contributed by atoms with Crippen LogP contribution in [0.4, 0.5) is 5.95 Å². The van der Waals surface area contributed by atoms with Gasteiger partial charge in [-0.25, -0.2) is 9.97 Å². The summed E-state index contributed by atoms with van der Waals surface area (Å²) in [6, 6.07) is 8.96. The van der Waals surface area contributed by atoms with Crippen molar-refractivity contribution in [3.8, 4) is 11.5 Å². The number of anilines is 1. The highest BCUT2D eigenvalue weighted by molar-refractivity contribution is 5.92. The van der Waals surface area contributed by atoms with Gasteiger partial charge in [-0.05, 0) is 43.7 Å². The summed E-state index contributed by atoms with van der Waals surface area (Å²) in [7, 11) is 1.62. The summed E-state index contributed by atoms with van der Waals surface area (Å²) in [5.74, 6) is 1.74. The minimum Gasteiger partial charge on any atom is -0.497 e. The van der Waals surface area contributed by atoms with Gasteiger partial charge in [-0.3, -0.25) is 4.79 Å². The molecule has 0 bridgehead atoms. The molecule has 1 heterocycles. The van der Waals surface area contributed by atoms with Gasteiger partial charge >= 0.3 is 0 Å². The fraction of sp³-hybridized carbons (Fsp3) is 0.421. The Bertz CT molecular complexity index is 704. The highest BCUT2D eigenvalue weighted by Crippen LogP contribution is 2.16. The van der Waals surface area contributed by atoms with Crippen molar-refractivity contribution in [3.05, 3.63) is 41.7 Å². The number of benzene rings is 1. The molecule has 0 spiro atoms. The van der Waals surface area contributed by atoms with Crippen molar-refractivity contribution >= 4 is 11.9 Å². The summed E-state index contributed by atoms with van der Waals surface area (Å²) in [4.78, 5) is 20.8. The molecule has 7 nitrogen and oxygen atoms in total. The second-order valence-electron chi connectivity index (χ2n) is 5.78. The number of nitrogens with one attached hydrogen (secondary N) is 2. The highest BCUT2D eigenvalue weighted by Gasteiger charge is 2.10. The maximum Gasteiger partial charge on any atom is 0.270 e. The lowest BCUT2D eigenvalue weighted by atomic mass is 10.3. The molecule has 0 unspecified atom stereocenters. The van der Waals surface area contributed by atoms with Crippen LogP contribution < -0.4 is 20.1 Å². The van der Waals surface area contributed by atoms with Crippen molar-refractivity contribution in [1.82, 2.24) is 15.3 Å². The normalized spacial score (nSPS) is 10.3. The van der Waals surface area contributed by atoms with E-state index in [-0.39, 0.29) is 5.91 Å². The molecule has 26 heavy (non-hydrogen) atoms. The zero-order valence-electron chi connectivity index (χ0n) is 15.5. The van der Waals surface area contributed by atoms with E-state index in [2.05, 4.69) is 27.5 Å². The fourth-order valence-electron chi connectivity index (χ4n) is 2.24. The maximum absolute atomic E-state index is 12.3. The van der Waals surface area contributed by atoms with E-state index >= 15 is 0 Å². The van der Waals surface area contributed by atoms with E-state index < -0.39 is 0 Å². The molecule has 0 aliphatic rings. The number of amides is 1. The van der Waals surface area contributed by atoms with Gasteiger partial charge in [0.2, 0.25) is 5.95 Å². The monoisotopic (exact) mass is 358 g/mol. The van der Waals surface area contributed by atoms with E-state index in [1.54, 1.807) is 13.2 Å². The number of aryl methyl sites for hydroxylation is 1. The molecule has 0 saturated carbocycles. The third-order valence-corrected chi connectivity index (χ3v) is 3.62. The van der Waals surface area contributed by atoms with Crippen LogP contribution in [0.25, 0.3) is 0 Å². The lowest BCUT2D eigenvalue weighted by molar-refractivity contribution is 0.0942. The molecule has 0 radical (unpaired) electrons. The zero-order valence-corrected chi connectivity index (χ0v) is 15.5. The number of rotatable bonds is 10. The first kappa shape index (κ1) is 19.5. The Morgan fingerprint density at radius 3 is 2.54 bits per heavy atom. The number of hydrogen-bond acceptors (Lipinski definition) is 6. The van der Waals surface area contributed by atoms with Crippen molar-refractivity contribution in [2.24, 2.45) is 0 Å². The standard InChI is InChI=1S/C19H26N4O3/c1-4-5-10-21-19-22-14(2)13-17(23-19)18(24)20-11-12-26-16-8-6-15(25-3)7-9-16/h6-9,13H,4-5,10-12H2,1-3H3,(H,20,24)(H,21,22,23). The van der Waals surface area contributed by atoms with Gasteiger partial charge in [0.15, 0.2) is 0 Å². The van der Waals surface area contributed by atoms with E-state index in [1.807, 2.05) is 31.2 Å². The molecule has 0 aliphatic heterocycles. The smallest absolute Gasteiger partial charge is 0.270 e. The summed E-state index contributed by atoms with van der Waals surface area (Å²) in [6.45, 7) is 5.49. The molecule has 1 amide bonds. The van der Waals surface area contributed by atoms with Gasteiger partial charge in [0.25, 0.3) is 5.91 Å². The zero-order chi connectivity index (χ0) is 18.8. The van der Waals surface area contributed by atoms with Crippen LogP contribution in [0.2, 0.25) is 0 Å². The van der Waals surface area contributed by atoms with Crippen LogP contribution in [0.3, 0.4) is 0 Å². The summed E-state index contributed by atoms with van der Waals surface area (Å²) >= 11 is 0. The van der Waals surface area contributed by atoms with Crippen LogP contribution >= 0.6 is 0 Å². The first-order chi connectivity index (χ1) is 12.6. The van der Waals surface area contributed by atoms with Crippen LogP contribution in [0.15, 0.2) is 30.3 Å². The summed E-state index contributed by atoms with van der Waals surface area (Å²) in [5, 5.41) is 5.95. The average molecular weight is 358 g/mol. The molecular weight excluding hydrogens is 332 g/mol. The Hall–Kier alpha value is -2.83. The summed E-state index contributed by atoms with van der Waals surface area (Å²) in [6.07, 6.45) is 2.11. The molecule has 2 aromatic rings. The van der Waals surface area contributed by atoms with Crippen molar-refractivity contribution in [2.75, 3.05) is 32.1 Å². The molecule has 1 aromatic heterocycles. The SMILES string of the molecule is CCCCNc1nc(C)cc(C(=O)NCCOc2ccc(OC)cc2)n1. The Balaban J connectivity index is 1.81. The molecule has 0 fully saturated rings. The number of ether oxygens (including phenoxy) is 2. The quantitative estimate of drug-likeness (QED) is 0.635. The molecule has 0 aliphatic carbocycles. The Kier molecular flexibility index (Phi) is 7.67. The highest BCUT2D eigenvalue weighted by atomic mass is 16.5. The first-order valence-corrected chi connectivity index (χ1v) is 8.77. The number of unbranched alkanes of at least 4 members (excludes halogenated alkanes) is 1. The fourth-order valence-corrected chi connectivity index (χ4v) is 2.24. The molecule has 1 aromatic carbocycles. The Morgan fingerprint density at radius 2 is 1.85 bits per heavy atom. The van der Waals surface area contributed by atoms with Gasteiger partial charge in [-0.1, -0.05) is 13.3 Å². The van der Waals surface area contributed by atoms with Crippen LogP contribution in [0.5, 0.6) is 11.5 Å². The van der Waals surface area contributed by atoms with E-state index in [0.29, 0.717) is 24.8 Å². The van der Waals surface area contributed by atoms with Crippen molar-refractivity contribution in [1.29, 1.82) is 0 Å². The van der Waals surface area contributed by atoms with Crippen molar-refractivity contribution in [2.45, 2.75) is 26.7 Å². The molecule has 7 heteroatoms. The van der Waals surface area contributed by atoms with E-state index in [1.165, 1.54) is 0 Å². The van der Waals surface area contributed by atoms with E-state index in [0.717, 1.165) is 36.6 Å². The van der Waals surface area contributed by atoms with Gasteiger partial charge in [0.05, 0.1) is 13.7 Å². The molecule has 2 rings (SSSR count). The number of aromatic nitrogens is 2. The third kappa shape index (κ3) is 6.23. The lowest BCUT2D eigenvalue weighted by Crippen LogP contribution is -2.29. The topological polar surface area (TPSA) is 85.4 Å². The predicted molar refractivity (Wildman–Crippen MR) is 101 cm³/mol. The number of carbonyl (C=O) groups is 1. The van der Waals surface area contributed by atoms with E-state index in [4.69, 9.17) is 9.47 Å². The second kappa shape index (κ2) is 10.2. The van der Waals surface area contributed by atoms with Gasteiger partial charge in [-0.15, -0.1) is 0 Å². The predicted octanol–water partition coefficient (Wildman–Crippen LogP) is 2.81. The van der Waals surface area contributed by atoms with Crippen molar-refractivity contribution in [3.63, 3.8) is 0 Å². The number of hydrogen-bond donors (Lipinski definition) is 2. The number of carbonyl (C=O) groups excluding carboxylic acids is 1. The molecule has 2 N–H and O–H groups in total. The van der Waals surface area contributed by atoms with E-state index in [9.17, 15) is 4.79 Å². The second-order valence-corrected chi connectivity index (χ2v) is 5.78. The number of nitrogens with zero attached hydrogens (tertiary/aromatic N) is 2. The molecular formula is C19H26N4O3. The first-order valence-electron chi connectivity index (χ1n) is 8.77. The minimum absolute atomic E-state index is 0.243.